The van der Waals surface area contributed by atoms with E-state index in [9.17, 15) is 17.6 Å². The van der Waals surface area contributed by atoms with Gasteiger partial charge in [0.15, 0.2) is 0 Å². The number of hydrogen-bond donors (Lipinski definition) is 1. The molecule has 0 fully saturated rings. The number of rotatable bonds is 6. The maximum absolute atomic E-state index is 12.9. The number of anilines is 1. The topological polar surface area (TPSA) is 66.5 Å². The Labute approximate surface area is 151 Å². The first-order valence-corrected chi connectivity index (χ1v) is 9.36. The molecule has 1 amide bonds. The molecule has 0 aromatic heterocycles. The van der Waals surface area contributed by atoms with Crippen molar-refractivity contribution >= 4 is 33.2 Å². The first-order chi connectivity index (χ1) is 11.7. The second-order valence-electron chi connectivity index (χ2n) is 5.45. The van der Waals surface area contributed by atoms with Gasteiger partial charge in [0.1, 0.15) is 5.82 Å². The van der Waals surface area contributed by atoms with E-state index in [2.05, 4.69) is 4.72 Å². The van der Waals surface area contributed by atoms with Crippen molar-refractivity contribution in [2.45, 2.75) is 18.7 Å². The van der Waals surface area contributed by atoms with Gasteiger partial charge in [-0.25, -0.2) is 17.5 Å². The summed E-state index contributed by atoms with van der Waals surface area (Å²) in [5, 5.41) is 0.485. The van der Waals surface area contributed by atoms with E-state index in [-0.39, 0.29) is 23.9 Å². The van der Waals surface area contributed by atoms with E-state index in [1.807, 2.05) is 6.92 Å². The number of amides is 1. The summed E-state index contributed by atoms with van der Waals surface area (Å²) in [4.78, 5) is 13.3. The van der Waals surface area contributed by atoms with Gasteiger partial charge in [0.05, 0.1) is 4.90 Å². The molecule has 0 saturated carbocycles. The summed E-state index contributed by atoms with van der Waals surface area (Å²) in [6, 6.07) is 9.68. The molecule has 0 saturated heterocycles. The molecule has 0 aliphatic rings. The van der Waals surface area contributed by atoms with Crippen molar-refractivity contribution < 1.29 is 17.6 Å². The number of carbonyl (C=O) groups excluding carboxylic acids is 1. The average Bonchev–Trinajstić information content (AvgIpc) is 2.54. The third-order valence-corrected chi connectivity index (χ3v) is 5.31. The molecule has 5 nitrogen and oxygen atoms in total. The predicted octanol–water partition coefficient (Wildman–Crippen LogP) is 3.12. The smallest absolute Gasteiger partial charge is 0.240 e. The fourth-order valence-corrected chi connectivity index (χ4v) is 3.50. The van der Waals surface area contributed by atoms with E-state index < -0.39 is 15.8 Å². The van der Waals surface area contributed by atoms with Gasteiger partial charge in [-0.15, -0.1) is 0 Å². The van der Waals surface area contributed by atoms with Crippen molar-refractivity contribution in [2.24, 2.45) is 0 Å². The number of nitrogens with one attached hydrogen (secondary N) is 1. The number of hydrogen-bond acceptors (Lipinski definition) is 3. The number of nitrogens with zero attached hydrogens (tertiary/aromatic N) is 1. The fraction of sp³-hybridized carbons (Fsp3) is 0.235. The monoisotopic (exact) mass is 384 g/mol. The highest BCUT2D eigenvalue weighted by Crippen LogP contribution is 2.24. The Hall–Kier alpha value is -1.96. The Balaban J connectivity index is 2.10. The van der Waals surface area contributed by atoms with Crippen LogP contribution in [0.5, 0.6) is 0 Å². The van der Waals surface area contributed by atoms with Gasteiger partial charge in [-0.05, 0) is 48.9 Å². The normalized spacial score (nSPS) is 11.4. The number of benzene rings is 2. The summed E-state index contributed by atoms with van der Waals surface area (Å²) in [6.45, 7) is 3.38. The van der Waals surface area contributed by atoms with Crippen LogP contribution in [-0.2, 0) is 14.8 Å². The Kier molecular flexibility index (Phi) is 6.16. The fourth-order valence-electron chi connectivity index (χ4n) is 2.31. The molecule has 0 spiro atoms. The van der Waals surface area contributed by atoms with E-state index in [1.54, 1.807) is 18.2 Å². The minimum atomic E-state index is -3.78. The summed E-state index contributed by atoms with van der Waals surface area (Å²) in [7, 11) is -3.78. The lowest BCUT2D eigenvalue weighted by Crippen LogP contribution is -2.37. The van der Waals surface area contributed by atoms with Crippen molar-refractivity contribution in [3.8, 4) is 0 Å². The van der Waals surface area contributed by atoms with Gasteiger partial charge in [0.25, 0.3) is 0 Å². The summed E-state index contributed by atoms with van der Waals surface area (Å²) in [6.07, 6.45) is 0. The first kappa shape index (κ1) is 19.4. The van der Waals surface area contributed by atoms with Crippen LogP contribution in [0.15, 0.2) is 47.4 Å². The van der Waals surface area contributed by atoms with E-state index in [0.29, 0.717) is 10.7 Å². The van der Waals surface area contributed by atoms with Crippen LogP contribution in [0, 0.1) is 12.7 Å². The summed E-state index contributed by atoms with van der Waals surface area (Å²) >= 11 is 5.98. The molecular weight excluding hydrogens is 367 g/mol. The Morgan fingerprint density at radius 3 is 2.44 bits per heavy atom. The highest BCUT2D eigenvalue weighted by molar-refractivity contribution is 7.89. The van der Waals surface area contributed by atoms with Crippen LogP contribution in [0.1, 0.15) is 12.5 Å². The average molecular weight is 385 g/mol. The van der Waals surface area contributed by atoms with Crippen molar-refractivity contribution in [2.75, 3.05) is 18.0 Å². The van der Waals surface area contributed by atoms with Gasteiger partial charge in [0, 0.05) is 30.7 Å². The molecule has 25 heavy (non-hydrogen) atoms. The zero-order valence-electron chi connectivity index (χ0n) is 13.8. The maximum atomic E-state index is 12.9. The van der Waals surface area contributed by atoms with Gasteiger partial charge in [-0.2, -0.15) is 0 Å². The lowest BCUT2D eigenvalue weighted by Gasteiger charge is -2.23. The molecule has 0 aliphatic heterocycles. The molecule has 8 heteroatoms. The van der Waals surface area contributed by atoms with Crippen LogP contribution < -0.4 is 9.62 Å². The number of carbonyl (C=O) groups is 1. The summed E-state index contributed by atoms with van der Waals surface area (Å²) in [5.74, 6) is -0.746. The first-order valence-electron chi connectivity index (χ1n) is 7.50. The van der Waals surface area contributed by atoms with Gasteiger partial charge >= 0.3 is 0 Å². The third-order valence-electron chi connectivity index (χ3n) is 3.59. The molecule has 0 unspecified atom stereocenters. The summed E-state index contributed by atoms with van der Waals surface area (Å²) in [5.41, 5.74) is 1.47. The Morgan fingerprint density at radius 2 is 1.84 bits per heavy atom. The Morgan fingerprint density at radius 1 is 1.20 bits per heavy atom. The molecule has 0 bridgehead atoms. The predicted molar refractivity (Wildman–Crippen MR) is 95.8 cm³/mol. The van der Waals surface area contributed by atoms with Crippen molar-refractivity contribution in [3.05, 3.63) is 58.9 Å². The van der Waals surface area contributed by atoms with Crippen LogP contribution >= 0.6 is 11.6 Å². The molecule has 0 aliphatic carbocycles. The highest BCUT2D eigenvalue weighted by Gasteiger charge is 2.17. The van der Waals surface area contributed by atoms with E-state index in [4.69, 9.17) is 11.6 Å². The second kappa shape index (κ2) is 7.95. The standard InChI is InChI=1S/C17H18ClFN2O3S/c1-12-3-4-14(18)11-17(12)21(13(2)22)10-9-20-25(23,24)16-7-5-15(19)6-8-16/h3-8,11,20H,9-10H2,1-2H3. The van der Waals surface area contributed by atoms with Crippen LogP contribution in [0.2, 0.25) is 5.02 Å². The number of sulfonamides is 1. The van der Waals surface area contributed by atoms with Crippen LogP contribution in [0.4, 0.5) is 10.1 Å². The highest BCUT2D eigenvalue weighted by atomic mass is 35.5. The molecule has 0 atom stereocenters. The minimum absolute atomic E-state index is 0.00520. The van der Waals surface area contributed by atoms with Gasteiger partial charge in [0.2, 0.25) is 15.9 Å². The SMILES string of the molecule is CC(=O)N(CCNS(=O)(=O)c1ccc(F)cc1)c1cc(Cl)ccc1C. The molecule has 0 radical (unpaired) electrons. The molecule has 0 heterocycles. The molecule has 134 valence electrons. The third kappa shape index (κ3) is 5.01. The van der Waals surface area contributed by atoms with Crippen LogP contribution in [-0.4, -0.2) is 27.4 Å². The maximum Gasteiger partial charge on any atom is 0.240 e. The van der Waals surface area contributed by atoms with Crippen molar-refractivity contribution in [1.29, 1.82) is 0 Å². The lowest BCUT2D eigenvalue weighted by molar-refractivity contribution is -0.116. The van der Waals surface area contributed by atoms with Gasteiger partial charge in [-0.1, -0.05) is 17.7 Å². The van der Waals surface area contributed by atoms with E-state index >= 15 is 0 Å². The quantitative estimate of drug-likeness (QED) is 0.832. The zero-order chi connectivity index (χ0) is 18.6. The van der Waals surface area contributed by atoms with E-state index in [0.717, 1.165) is 17.7 Å². The summed E-state index contributed by atoms with van der Waals surface area (Å²) < 4.78 is 39.7. The molecule has 1 N–H and O–H groups in total. The molecular formula is C17H18ClFN2O3S. The van der Waals surface area contributed by atoms with Crippen LogP contribution in [0.25, 0.3) is 0 Å². The van der Waals surface area contributed by atoms with Crippen molar-refractivity contribution in [3.63, 3.8) is 0 Å². The molecule has 2 aromatic rings. The van der Waals surface area contributed by atoms with Crippen LogP contribution in [0.3, 0.4) is 0 Å². The Bertz CT molecular complexity index is 870. The van der Waals surface area contributed by atoms with E-state index in [1.165, 1.54) is 24.0 Å². The zero-order valence-corrected chi connectivity index (χ0v) is 15.4. The van der Waals surface area contributed by atoms with Crippen molar-refractivity contribution in [1.82, 2.24) is 4.72 Å². The minimum Gasteiger partial charge on any atom is -0.311 e. The lowest BCUT2D eigenvalue weighted by atomic mass is 10.2. The van der Waals surface area contributed by atoms with Gasteiger partial charge < -0.3 is 4.90 Å². The molecule has 2 rings (SSSR count). The number of halogens is 2. The second-order valence-corrected chi connectivity index (χ2v) is 7.66. The number of aryl methyl sites for hydroxylation is 1. The largest absolute Gasteiger partial charge is 0.311 e. The van der Waals surface area contributed by atoms with Gasteiger partial charge in [-0.3, -0.25) is 4.79 Å². The molecule has 2 aromatic carbocycles.